The van der Waals surface area contributed by atoms with Crippen molar-refractivity contribution in [3.05, 3.63) is 54.2 Å². The molecular formula is C14H8N4OS. The first-order valence-electron chi connectivity index (χ1n) is 5.79. The second-order valence-electron chi connectivity index (χ2n) is 3.81. The summed E-state index contributed by atoms with van der Waals surface area (Å²) in [6, 6.07) is 15.0. The van der Waals surface area contributed by atoms with Crippen molar-refractivity contribution in [1.82, 2.24) is 15.2 Å². The maximum Gasteiger partial charge on any atom is 0.283 e. The largest absolute Gasteiger partial charge is 0.411 e. The van der Waals surface area contributed by atoms with Crippen molar-refractivity contribution in [2.24, 2.45) is 0 Å². The van der Waals surface area contributed by atoms with Crippen LogP contribution in [0.4, 0.5) is 0 Å². The van der Waals surface area contributed by atoms with Crippen LogP contribution in [0.3, 0.4) is 0 Å². The molecule has 2 aromatic heterocycles. The van der Waals surface area contributed by atoms with E-state index in [9.17, 15) is 0 Å². The molecule has 0 atom stereocenters. The van der Waals surface area contributed by atoms with Crippen molar-refractivity contribution in [3.63, 3.8) is 0 Å². The van der Waals surface area contributed by atoms with Crippen LogP contribution in [-0.2, 0) is 0 Å². The monoisotopic (exact) mass is 280 g/mol. The van der Waals surface area contributed by atoms with Crippen LogP contribution in [0.2, 0.25) is 0 Å². The number of hydrogen-bond acceptors (Lipinski definition) is 6. The maximum atomic E-state index is 9.01. The molecule has 20 heavy (non-hydrogen) atoms. The highest BCUT2D eigenvalue weighted by molar-refractivity contribution is 7.99. The van der Waals surface area contributed by atoms with Gasteiger partial charge in [-0.25, -0.2) is 4.98 Å². The topological polar surface area (TPSA) is 75.6 Å². The maximum absolute atomic E-state index is 9.01. The highest BCUT2D eigenvalue weighted by Crippen LogP contribution is 2.29. The number of pyridine rings is 1. The van der Waals surface area contributed by atoms with Gasteiger partial charge in [-0.3, -0.25) is 0 Å². The molecule has 6 heteroatoms. The van der Waals surface area contributed by atoms with Gasteiger partial charge in [-0.05, 0) is 36.0 Å². The zero-order chi connectivity index (χ0) is 13.8. The summed E-state index contributed by atoms with van der Waals surface area (Å²) in [5, 5.41) is 17.9. The summed E-state index contributed by atoms with van der Waals surface area (Å²) >= 11 is 1.18. The predicted octanol–water partition coefficient (Wildman–Crippen LogP) is 3.15. The third kappa shape index (κ3) is 2.53. The second-order valence-corrected chi connectivity index (χ2v) is 4.75. The van der Waals surface area contributed by atoms with Gasteiger partial charge in [0.25, 0.3) is 5.22 Å². The highest BCUT2D eigenvalue weighted by atomic mass is 32.2. The first-order chi connectivity index (χ1) is 9.86. The number of hydrogen-bond donors (Lipinski definition) is 0. The van der Waals surface area contributed by atoms with Crippen LogP contribution >= 0.6 is 11.8 Å². The standard InChI is InChI=1S/C14H8N4OS/c15-9-11-7-4-8-16-13(11)20-14-18-17-12(19-14)10-5-2-1-3-6-10/h1-8H. The average Bonchev–Trinajstić information content (AvgIpc) is 2.97. The first kappa shape index (κ1) is 12.4. The molecule has 3 aromatic rings. The minimum atomic E-state index is 0.360. The molecule has 96 valence electrons. The molecule has 0 aliphatic heterocycles. The van der Waals surface area contributed by atoms with Gasteiger partial charge >= 0.3 is 0 Å². The minimum absolute atomic E-state index is 0.360. The third-order valence-electron chi connectivity index (χ3n) is 2.50. The SMILES string of the molecule is N#Cc1cccnc1Sc1nnc(-c2ccccc2)o1. The number of benzene rings is 1. The van der Waals surface area contributed by atoms with Gasteiger partial charge < -0.3 is 4.42 Å². The second kappa shape index (κ2) is 5.55. The van der Waals surface area contributed by atoms with E-state index in [0.717, 1.165) is 5.56 Å². The van der Waals surface area contributed by atoms with Crippen molar-refractivity contribution in [1.29, 1.82) is 5.26 Å². The molecule has 0 unspecified atom stereocenters. The van der Waals surface area contributed by atoms with Gasteiger partial charge in [0, 0.05) is 11.8 Å². The smallest absolute Gasteiger partial charge is 0.283 e. The van der Waals surface area contributed by atoms with Gasteiger partial charge in [-0.15, -0.1) is 10.2 Å². The molecule has 0 aliphatic rings. The molecule has 1 aromatic carbocycles. The summed E-state index contributed by atoms with van der Waals surface area (Å²) in [5.74, 6) is 0.447. The van der Waals surface area contributed by atoms with E-state index in [1.54, 1.807) is 18.3 Å². The van der Waals surface area contributed by atoms with E-state index in [4.69, 9.17) is 9.68 Å². The molecule has 0 saturated heterocycles. The van der Waals surface area contributed by atoms with Gasteiger partial charge in [-0.1, -0.05) is 18.2 Å². The lowest BCUT2D eigenvalue weighted by molar-refractivity contribution is 0.465. The molecule has 0 fully saturated rings. The van der Waals surface area contributed by atoms with Crippen LogP contribution in [-0.4, -0.2) is 15.2 Å². The summed E-state index contributed by atoms with van der Waals surface area (Å²) in [7, 11) is 0. The van der Waals surface area contributed by atoms with E-state index >= 15 is 0 Å². The van der Waals surface area contributed by atoms with Crippen molar-refractivity contribution in [2.75, 3.05) is 0 Å². The Morgan fingerprint density at radius 1 is 1.05 bits per heavy atom. The quantitative estimate of drug-likeness (QED) is 0.733. The number of rotatable bonds is 3. The number of nitrogens with zero attached hydrogens (tertiary/aromatic N) is 4. The molecule has 0 aliphatic carbocycles. The fourth-order valence-electron chi connectivity index (χ4n) is 1.59. The van der Waals surface area contributed by atoms with Crippen LogP contribution in [0.25, 0.3) is 11.5 Å². The minimum Gasteiger partial charge on any atom is -0.411 e. The van der Waals surface area contributed by atoms with Crippen LogP contribution in [0, 0.1) is 11.3 Å². The molecule has 0 bridgehead atoms. The van der Waals surface area contributed by atoms with E-state index in [-0.39, 0.29) is 0 Å². The molecule has 0 N–H and O–H groups in total. The molecule has 0 amide bonds. The fourth-order valence-corrected chi connectivity index (χ4v) is 2.29. The van der Waals surface area contributed by atoms with E-state index in [0.29, 0.717) is 21.7 Å². The Morgan fingerprint density at radius 3 is 2.70 bits per heavy atom. The van der Waals surface area contributed by atoms with Crippen LogP contribution in [0.5, 0.6) is 0 Å². The van der Waals surface area contributed by atoms with E-state index in [2.05, 4.69) is 21.3 Å². The lowest BCUT2D eigenvalue weighted by atomic mass is 10.2. The summed E-state index contributed by atoms with van der Waals surface area (Å²) in [6.45, 7) is 0. The third-order valence-corrected chi connectivity index (χ3v) is 3.36. The average molecular weight is 280 g/mol. The molecule has 0 radical (unpaired) electrons. The lowest BCUT2D eigenvalue weighted by Gasteiger charge is -1.97. The van der Waals surface area contributed by atoms with Crippen LogP contribution in [0.15, 0.2) is 63.3 Å². The van der Waals surface area contributed by atoms with Crippen molar-refractivity contribution in [2.45, 2.75) is 10.2 Å². The zero-order valence-electron chi connectivity index (χ0n) is 10.2. The highest BCUT2D eigenvalue weighted by Gasteiger charge is 2.12. The number of aromatic nitrogens is 3. The van der Waals surface area contributed by atoms with Gasteiger partial charge in [0.15, 0.2) is 0 Å². The van der Waals surface area contributed by atoms with E-state index in [1.165, 1.54) is 11.8 Å². The molecular weight excluding hydrogens is 272 g/mol. The molecule has 2 heterocycles. The number of nitriles is 1. The van der Waals surface area contributed by atoms with Crippen molar-refractivity contribution < 1.29 is 4.42 Å². The van der Waals surface area contributed by atoms with E-state index in [1.807, 2.05) is 30.3 Å². The van der Waals surface area contributed by atoms with Crippen LogP contribution in [0.1, 0.15) is 5.56 Å². The Bertz CT molecular complexity index is 764. The summed E-state index contributed by atoms with van der Waals surface area (Å²) < 4.78 is 5.56. The van der Waals surface area contributed by atoms with E-state index < -0.39 is 0 Å². The van der Waals surface area contributed by atoms with Crippen molar-refractivity contribution >= 4 is 11.8 Å². The Hall–Kier alpha value is -2.65. The van der Waals surface area contributed by atoms with Crippen LogP contribution < -0.4 is 0 Å². The summed E-state index contributed by atoms with van der Waals surface area (Å²) in [4.78, 5) is 4.14. The lowest BCUT2D eigenvalue weighted by Crippen LogP contribution is -1.85. The molecule has 3 rings (SSSR count). The van der Waals surface area contributed by atoms with Crippen molar-refractivity contribution in [3.8, 4) is 17.5 Å². The van der Waals surface area contributed by atoms with Gasteiger partial charge in [0.2, 0.25) is 5.89 Å². The molecule has 5 nitrogen and oxygen atoms in total. The van der Waals surface area contributed by atoms with Gasteiger partial charge in [0.1, 0.15) is 11.1 Å². The van der Waals surface area contributed by atoms with Gasteiger partial charge in [-0.2, -0.15) is 5.26 Å². The first-order valence-corrected chi connectivity index (χ1v) is 6.60. The Morgan fingerprint density at radius 2 is 1.90 bits per heavy atom. The summed E-state index contributed by atoms with van der Waals surface area (Å²) in [6.07, 6.45) is 1.62. The van der Waals surface area contributed by atoms with Gasteiger partial charge in [0.05, 0.1) is 5.56 Å². The Balaban J connectivity index is 1.87. The Labute approximate surface area is 119 Å². The molecule has 0 spiro atoms. The predicted molar refractivity (Wildman–Crippen MR) is 72.8 cm³/mol. The molecule has 0 saturated carbocycles. The Kier molecular flexibility index (Phi) is 3.44. The summed E-state index contributed by atoms with van der Waals surface area (Å²) in [5.41, 5.74) is 1.34. The fraction of sp³-hybridized carbons (Fsp3) is 0. The normalized spacial score (nSPS) is 10.2. The zero-order valence-corrected chi connectivity index (χ0v) is 11.0.